The molecular formula is C24H17Cl6N3O2. The van der Waals surface area contributed by atoms with Gasteiger partial charge in [-0.05, 0) is 60.2 Å². The second-order valence-electron chi connectivity index (χ2n) is 7.92. The first-order valence-electron chi connectivity index (χ1n) is 10.2. The number of carbonyl (C=O) groups is 2. The lowest BCUT2D eigenvalue weighted by Gasteiger charge is -2.12. The van der Waals surface area contributed by atoms with Crippen molar-refractivity contribution in [3.8, 4) is 0 Å². The van der Waals surface area contributed by atoms with E-state index in [9.17, 15) is 9.59 Å². The van der Waals surface area contributed by atoms with Gasteiger partial charge in [-0.1, -0.05) is 46.4 Å². The lowest BCUT2D eigenvalue weighted by molar-refractivity contribution is -0.117. The summed E-state index contributed by atoms with van der Waals surface area (Å²) in [6.07, 6.45) is 0. The van der Waals surface area contributed by atoms with E-state index in [0.29, 0.717) is 21.3 Å². The fraction of sp³-hybridized carbons (Fsp3) is 0.167. The van der Waals surface area contributed by atoms with Gasteiger partial charge in [0.15, 0.2) is 0 Å². The molecule has 0 bridgehead atoms. The molecular weight excluding hydrogens is 575 g/mol. The van der Waals surface area contributed by atoms with Crippen LogP contribution in [0.15, 0.2) is 54.6 Å². The van der Waals surface area contributed by atoms with E-state index in [1.165, 1.54) is 12.1 Å². The van der Waals surface area contributed by atoms with E-state index >= 15 is 0 Å². The molecule has 3 aromatic rings. The first kappa shape index (κ1) is 26.2. The first-order valence-corrected chi connectivity index (χ1v) is 12.5. The molecule has 4 rings (SSSR count). The van der Waals surface area contributed by atoms with E-state index in [1.54, 1.807) is 37.4 Å². The molecule has 5 nitrogen and oxygen atoms in total. The Labute approximate surface area is 232 Å². The fourth-order valence-corrected chi connectivity index (χ4v) is 5.57. The van der Waals surface area contributed by atoms with Gasteiger partial charge in [0.25, 0.3) is 5.91 Å². The van der Waals surface area contributed by atoms with E-state index < -0.39 is 28.0 Å². The summed E-state index contributed by atoms with van der Waals surface area (Å²) < 4.78 is -1.35. The van der Waals surface area contributed by atoms with Gasteiger partial charge >= 0.3 is 0 Å². The molecule has 0 aliphatic heterocycles. The number of halogens is 6. The zero-order valence-corrected chi connectivity index (χ0v) is 22.5. The van der Waals surface area contributed by atoms with Gasteiger partial charge in [-0.3, -0.25) is 9.59 Å². The normalized spacial score (nSPS) is 18.0. The van der Waals surface area contributed by atoms with Gasteiger partial charge in [0.2, 0.25) is 5.91 Å². The summed E-state index contributed by atoms with van der Waals surface area (Å²) in [5.74, 6) is -2.25. The highest BCUT2D eigenvalue weighted by molar-refractivity contribution is 6.53. The Morgan fingerprint density at radius 2 is 1.40 bits per heavy atom. The summed E-state index contributed by atoms with van der Waals surface area (Å²) in [7, 11) is 1.79. The van der Waals surface area contributed by atoms with Crippen LogP contribution in [0.25, 0.3) is 0 Å². The van der Waals surface area contributed by atoms with Gasteiger partial charge in [-0.15, -0.1) is 23.2 Å². The summed E-state index contributed by atoms with van der Waals surface area (Å²) >= 11 is 37.6. The summed E-state index contributed by atoms with van der Waals surface area (Å²) in [6.45, 7) is 0. The first-order chi connectivity index (χ1) is 16.5. The largest absolute Gasteiger partial charge is 0.388 e. The van der Waals surface area contributed by atoms with Crippen LogP contribution < -0.4 is 16.0 Å². The Morgan fingerprint density at radius 3 is 2.00 bits per heavy atom. The molecule has 0 spiro atoms. The molecule has 0 saturated heterocycles. The average Bonchev–Trinajstić information content (AvgIpc) is 3.38. The lowest BCUT2D eigenvalue weighted by Crippen LogP contribution is -2.18. The van der Waals surface area contributed by atoms with Crippen LogP contribution in [-0.4, -0.2) is 23.2 Å². The van der Waals surface area contributed by atoms with Gasteiger partial charge in [-0.25, -0.2) is 0 Å². The number of nitrogens with one attached hydrogen (secondary N) is 3. The van der Waals surface area contributed by atoms with Crippen molar-refractivity contribution in [2.45, 2.75) is 10.3 Å². The molecule has 0 unspecified atom stereocenters. The molecule has 2 amide bonds. The Hall–Kier alpha value is -1.86. The number of hydrogen-bond acceptors (Lipinski definition) is 3. The predicted molar refractivity (Wildman–Crippen MR) is 146 cm³/mol. The summed E-state index contributed by atoms with van der Waals surface area (Å²) in [5.41, 5.74) is 2.45. The highest BCUT2D eigenvalue weighted by Crippen LogP contribution is 2.65. The maximum atomic E-state index is 13.0. The van der Waals surface area contributed by atoms with Crippen molar-refractivity contribution in [1.29, 1.82) is 0 Å². The second-order valence-corrected chi connectivity index (χ2v) is 11.0. The van der Waals surface area contributed by atoms with Gasteiger partial charge in [0.05, 0.1) is 21.5 Å². The molecule has 0 heterocycles. The number of hydrogen-bond donors (Lipinski definition) is 3. The third kappa shape index (κ3) is 5.61. The molecule has 11 heteroatoms. The van der Waals surface area contributed by atoms with E-state index in [-0.39, 0.29) is 21.3 Å². The van der Waals surface area contributed by atoms with Gasteiger partial charge in [0, 0.05) is 40.1 Å². The molecule has 0 aromatic heterocycles. The van der Waals surface area contributed by atoms with E-state index in [4.69, 9.17) is 69.6 Å². The lowest BCUT2D eigenvalue weighted by atomic mass is 10.1. The number of benzene rings is 3. The van der Waals surface area contributed by atoms with E-state index in [1.807, 2.05) is 12.1 Å². The maximum Gasteiger partial charge on any atom is 0.257 e. The Bertz CT molecular complexity index is 1290. The molecule has 1 saturated carbocycles. The van der Waals surface area contributed by atoms with Crippen molar-refractivity contribution >= 4 is 98.5 Å². The van der Waals surface area contributed by atoms with Crippen LogP contribution in [0.4, 0.5) is 17.1 Å². The smallest absolute Gasteiger partial charge is 0.257 e. The molecule has 0 radical (unpaired) electrons. The third-order valence-electron chi connectivity index (χ3n) is 5.55. The molecule has 3 aromatic carbocycles. The minimum atomic E-state index is -1.35. The standard InChI is InChI=1S/C24H17Cl6N3O2/c1-31-14-2-4-15(5-3-14)32-22(34)17-9-16(10-18(27)21(17)28)33-23(35)20-19(24(20,29)30)11-6-12(25)8-13(26)7-11/h2-10,19-20,31H,1H3,(H,32,34)(H,33,35)/t19-,20+/m0/s1. The number of amides is 2. The highest BCUT2D eigenvalue weighted by atomic mass is 35.5. The Balaban J connectivity index is 1.53. The monoisotopic (exact) mass is 589 g/mol. The van der Waals surface area contributed by atoms with E-state index in [0.717, 1.165) is 5.69 Å². The highest BCUT2D eigenvalue weighted by Gasteiger charge is 2.67. The summed E-state index contributed by atoms with van der Waals surface area (Å²) in [6, 6.07) is 14.9. The molecule has 1 fully saturated rings. The quantitative estimate of drug-likeness (QED) is 0.254. The van der Waals surface area contributed by atoms with Crippen LogP contribution in [0.1, 0.15) is 21.8 Å². The Morgan fingerprint density at radius 1 is 0.800 bits per heavy atom. The number of carbonyl (C=O) groups excluding carboxylic acids is 2. The molecule has 1 aliphatic carbocycles. The zero-order chi connectivity index (χ0) is 25.5. The number of alkyl halides is 2. The van der Waals surface area contributed by atoms with Crippen molar-refractivity contribution in [3.63, 3.8) is 0 Å². The molecule has 3 N–H and O–H groups in total. The zero-order valence-electron chi connectivity index (χ0n) is 17.9. The van der Waals surface area contributed by atoms with Crippen molar-refractivity contribution in [3.05, 3.63) is 85.8 Å². The molecule has 182 valence electrons. The molecule has 1 aliphatic rings. The Kier molecular flexibility index (Phi) is 7.68. The predicted octanol–water partition coefficient (Wildman–Crippen LogP) is 8.12. The van der Waals surface area contributed by atoms with Gasteiger partial charge in [-0.2, -0.15) is 0 Å². The van der Waals surface area contributed by atoms with Crippen LogP contribution in [-0.2, 0) is 4.79 Å². The molecule has 2 atom stereocenters. The minimum Gasteiger partial charge on any atom is -0.388 e. The van der Waals surface area contributed by atoms with Gasteiger partial charge < -0.3 is 16.0 Å². The van der Waals surface area contributed by atoms with Crippen LogP contribution in [0.3, 0.4) is 0 Å². The molecule has 35 heavy (non-hydrogen) atoms. The topological polar surface area (TPSA) is 70.2 Å². The van der Waals surface area contributed by atoms with Crippen LogP contribution >= 0.6 is 69.6 Å². The third-order valence-corrected chi connectivity index (χ3v) is 7.73. The number of rotatable bonds is 6. The number of anilines is 3. The van der Waals surface area contributed by atoms with Crippen molar-refractivity contribution in [2.75, 3.05) is 23.0 Å². The van der Waals surface area contributed by atoms with Crippen LogP contribution in [0, 0.1) is 5.92 Å². The van der Waals surface area contributed by atoms with Crippen molar-refractivity contribution < 1.29 is 9.59 Å². The minimum absolute atomic E-state index is 0.0518. The SMILES string of the molecule is CNc1ccc(NC(=O)c2cc(NC(=O)[C@H]3[C@H](c4cc(Cl)cc(Cl)c4)C3(Cl)Cl)cc(Cl)c2Cl)cc1. The van der Waals surface area contributed by atoms with Crippen LogP contribution in [0.2, 0.25) is 20.1 Å². The van der Waals surface area contributed by atoms with Crippen LogP contribution in [0.5, 0.6) is 0 Å². The second kappa shape index (κ2) is 10.3. The maximum absolute atomic E-state index is 13.0. The van der Waals surface area contributed by atoms with E-state index in [2.05, 4.69) is 16.0 Å². The average molecular weight is 592 g/mol. The van der Waals surface area contributed by atoms with Gasteiger partial charge in [0.1, 0.15) is 4.33 Å². The summed E-state index contributed by atoms with van der Waals surface area (Å²) in [5, 5.41) is 9.44. The fourth-order valence-electron chi connectivity index (χ4n) is 3.79. The van der Waals surface area contributed by atoms with Crippen molar-refractivity contribution in [2.24, 2.45) is 5.92 Å². The van der Waals surface area contributed by atoms with Crippen molar-refractivity contribution in [1.82, 2.24) is 0 Å². The summed E-state index contributed by atoms with van der Waals surface area (Å²) in [4.78, 5) is 25.9.